The molecule has 1 aromatic carbocycles. The third-order valence-electron chi connectivity index (χ3n) is 4.10. The Bertz CT molecular complexity index is 938. The molecule has 1 N–H and O–H groups in total. The zero-order valence-electron chi connectivity index (χ0n) is 14.6. The number of fused-ring (bicyclic) bond motifs is 1. The van der Waals surface area contributed by atoms with Crippen molar-refractivity contribution in [2.75, 3.05) is 11.9 Å². The molecule has 0 saturated carbocycles. The first-order valence-corrected chi connectivity index (χ1v) is 9.32. The molecule has 5 nitrogen and oxygen atoms in total. The molecule has 10 heteroatoms. The zero-order valence-corrected chi connectivity index (χ0v) is 16.2. The minimum Gasteiger partial charge on any atom is -0.364 e. The minimum absolute atomic E-state index is 0.0781. The highest BCUT2D eigenvalue weighted by atomic mass is 35.5. The Hall–Kier alpha value is -2.03. The SMILES string of the molecule is Fc1c(CCCCOC(F)F)c(Cl)n2nc(Cl)nc(NCc3ccccc3)c12. The van der Waals surface area contributed by atoms with E-state index < -0.39 is 12.4 Å². The second-order valence-corrected chi connectivity index (χ2v) is 6.70. The molecule has 0 saturated heterocycles. The largest absolute Gasteiger partial charge is 0.364 e. The van der Waals surface area contributed by atoms with E-state index in [9.17, 15) is 8.78 Å². The van der Waals surface area contributed by atoms with Crippen LogP contribution < -0.4 is 5.32 Å². The number of rotatable bonds is 9. The maximum Gasteiger partial charge on any atom is 0.345 e. The van der Waals surface area contributed by atoms with Crippen LogP contribution in [-0.4, -0.2) is 27.8 Å². The molecule has 0 fully saturated rings. The van der Waals surface area contributed by atoms with Gasteiger partial charge in [-0.05, 0) is 36.4 Å². The van der Waals surface area contributed by atoms with Crippen LogP contribution in [-0.2, 0) is 17.7 Å². The van der Waals surface area contributed by atoms with E-state index in [1.165, 1.54) is 4.52 Å². The molecule has 2 aromatic heterocycles. The first-order valence-electron chi connectivity index (χ1n) is 8.57. The average Bonchev–Trinajstić information content (AvgIpc) is 2.91. The molecule has 0 unspecified atom stereocenters. The van der Waals surface area contributed by atoms with Crippen LogP contribution >= 0.6 is 23.2 Å². The van der Waals surface area contributed by atoms with Crippen LogP contribution in [0, 0.1) is 5.82 Å². The minimum atomic E-state index is -2.81. The number of unbranched alkanes of at least 4 members (excludes halogenated alkanes) is 1. The lowest BCUT2D eigenvalue weighted by molar-refractivity contribution is -0.129. The summed E-state index contributed by atoms with van der Waals surface area (Å²) in [6, 6.07) is 9.52. The number of ether oxygens (including phenoxy) is 1. The van der Waals surface area contributed by atoms with Gasteiger partial charge in [-0.25, -0.2) is 8.91 Å². The molecule has 3 aromatic rings. The van der Waals surface area contributed by atoms with E-state index in [2.05, 4.69) is 20.1 Å². The van der Waals surface area contributed by atoms with Crippen molar-refractivity contribution in [1.29, 1.82) is 0 Å². The number of halogens is 5. The van der Waals surface area contributed by atoms with Gasteiger partial charge in [0, 0.05) is 12.1 Å². The van der Waals surface area contributed by atoms with Crippen LogP contribution in [0.5, 0.6) is 0 Å². The highest BCUT2D eigenvalue weighted by Crippen LogP contribution is 2.31. The van der Waals surface area contributed by atoms with Crippen molar-refractivity contribution >= 4 is 34.5 Å². The zero-order chi connectivity index (χ0) is 20.1. The molecule has 0 aliphatic rings. The molecule has 0 atom stereocenters. The second-order valence-electron chi connectivity index (χ2n) is 6.00. The summed E-state index contributed by atoms with van der Waals surface area (Å²) in [5, 5.41) is 7.02. The summed E-state index contributed by atoms with van der Waals surface area (Å²) in [5.74, 6) is -0.345. The van der Waals surface area contributed by atoms with Gasteiger partial charge in [-0.15, -0.1) is 5.10 Å². The first-order chi connectivity index (χ1) is 13.5. The summed E-state index contributed by atoms with van der Waals surface area (Å²) in [7, 11) is 0. The number of benzene rings is 1. The maximum absolute atomic E-state index is 15.0. The van der Waals surface area contributed by atoms with Gasteiger partial charge < -0.3 is 10.1 Å². The first kappa shape index (κ1) is 20.7. The molecule has 0 spiro atoms. The fourth-order valence-corrected chi connectivity index (χ4v) is 3.25. The number of hydrogen-bond acceptors (Lipinski definition) is 4. The van der Waals surface area contributed by atoms with Crippen LogP contribution in [0.2, 0.25) is 10.4 Å². The fraction of sp³-hybridized carbons (Fsp3) is 0.333. The van der Waals surface area contributed by atoms with E-state index in [0.29, 0.717) is 19.4 Å². The van der Waals surface area contributed by atoms with Gasteiger partial charge in [0.25, 0.3) is 0 Å². The Morgan fingerprint density at radius 2 is 1.89 bits per heavy atom. The van der Waals surface area contributed by atoms with Gasteiger partial charge in [0.1, 0.15) is 10.7 Å². The predicted octanol–water partition coefficient (Wildman–Crippen LogP) is 5.35. The Kier molecular flexibility index (Phi) is 6.98. The average molecular weight is 433 g/mol. The van der Waals surface area contributed by atoms with Crippen LogP contribution in [0.1, 0.15) is 24.0 Å². The van der Waals surface area contributed by atoms with Gasteiger partial charge in [-0.2, -0.15) is 13.8 Å². The van der Waals surface area contributed by atoms with Gasteiger partial charge in [0.15, 0.2) is 11.6 Å². The van der Waals surface area contributed by atoms with Gasteiger partial charge in [0.2, 0.25) is 5.28 Å². The molecular weight excluding hydrogens is 416 g/mol. The lowest BCUT2D eigenvalue weighted by Crippen LogP contribution is -2.06. The monoisotopic (exact) mass is 432 g/mol. The smallest absolute Gasteiger partial charge is 0.345 e. The van der Waals surface area contributed by atoms with E-state index in [0.717, 1.165) is 5.56 Å². The molecule has 0 aliphatic carbocycles. The third-order valence-corrected chi connectivity index (χ3v) is 4.65. The molecule has 3 rings (SSSR count). The summed E-state index contributed by atoms with van der Waals surface area (Å²) >= 11 is 12.2. The Morgan fingerprint density at radius 3 is 2.61 bits per heavy atom. The van der Waals surface area contributed by atoms with Crippen molar-refractivity contribution in [3.8, 4) is 0 Å². The summed E-state index contributed by atoms with van der Waals surface area (Å²) < 4.78 is 44.4. The van der Waals surface area contributed by atoms with Gasteiger partial charge in [-0.1, -0.05) is 41.9 Å². The molecule has 0 aliphatic heterocycles. The van der Waals surface area contributed by atoms with Crippen molar-refractivity contribution in [2.24, 2.45) is 0 Å². The number of hydrogen-bond donors (Lipinski definition) is 1. The number of nitrogens with one attached hydrogen (secondary N) is 1. The van der Waals surface area contributed by atoms with Crippen molar-refractivity contribution in [3.05, 3.63) is 57.7 Å². The number of nitrogens with zero attached hydrogens (tertiary/aromatic N) is 3. The highest BCUT2D eigenvalue weighted by Gasteiger charge is 2.22. The molecular formula is C18H17Cl2F3N4O. The van der Waals surface area contributed by atoms with Gasteiger partial charge in [0.05, 0.1) is 6.61 Å². The second kappa shape index (κ2) is 9.45. The number of alkyl halides is 2. The quantitative estimate of drug-likeness (QED) is 0.463. The van der Waals surface area contributed by atoms with Crippen LogP contribution in [0.4, 0.5) is 19.0 Å². The van der Waals surface area contributed by atoms with Crippen LogP contribution in [0.15, 0.2) is 30.3 Å². The van der Waals surface area contributed by atoms with Crippen molar-refractivity contribution in [1.82, 2.24) is 14.6 Å². The standard InChI is InChI=1S/C18H17Cl2F3N4O/c19-15-12(8-4-5-9-28-18(22)23)13(21)14-16(25-17(20)26-27(14)15)24-10-11-6-2-1-3-7-11/h1-3,6-7,18H,4-5,8-10H2,(H,24,25,26). The van der Waals surface area contributed by atoms with E-state index in [1.54, 1.807) is 0 Å². The van der Waals surface area contributed by atoms with Crippen molar-refractivity contribution < 1.29 is 17.9 Å². The summed E-state index contributed by atoms with van der Waals surface area (Å²) in [4.78, 5) is 4.08. The Labute approximate surface area is 169 Å². The molecule has 0 amide bonds. The molecule has 150 valence electrons. The Morgan fingerprint density at radius 1 is 1.14 bits per heavy atom. The van der Waals surface area contributed by atoms with Gasteiger partial charge in [-0.3, -0.25) is 0 Å². The topological polar surface area (TPSA) is 51.5 Å². The van der Waals surface area contributed by atoms with Crippen LogP contribution in [0.3, 0.4) is 0 Å². The lowest BCUT2D eigenvalue weighted by Gasteiger charge is -2.08. The predicted molar refractivity (Wildman–Crippen MR) is 102 cm³/mol. The molecule has 28 heavy (non-hydrogen) atoms. The maximum atomic E-state index is 15.0. The summed E-state index contributed by atoms with van der Waals surface area (Å²) in [6.45, 7) is -2.51. The normalized spacial score (nSPS) is 11.5. The molecule has 0 radical (unpaired) electrons. The van der Waals surface area contributed by atoms with Crippen molar-refractivity contribution in [2.45, 2.75) is 32.4 Å². The van der Waals surface area contributed by atoms with E-state index in [4.69, 9.17) is 23.2 Å². The molecule has 0 bridgehead atoms. The fourth-order valence-electron chi connectivity index (χ4n) is 2.79. The summed E-state index contributed by atoms with van der Waals surface area (Å²) in [5.41, 5.74) is 1.30. The summed E-state index contributed by atoms with van der Waals surface area (Å²) in [6.07, 6.45) is 1.02. The van der Waals surface area contributed by atoms with E-state index in [-0.39, 0.29) is 40.4 Å². The molecule has 2 heterocycles. The third kappa shape index (κ3) is 4.87. The lowest BCUT2D eigenvalue weighted by atomic mass is 10.1. The number of aromatic nitrogens is 3. The highest BCUT2D eigenvalue weighted by molar-refractivity contribution is 6.31. The van der Waals surface area contributed by atoms with Crippen LogP contribution in [0.25, 0.3) is 5.52 Å². The van der Waals surface area contributed by atoms with Crippen molar-refractivity contribution in [3.63, 3.8) is 0 Å². The Balaban J connectivity index is 1.80. The number of anilines is 1. The van der Waals surface area contributed by atoms with Gasteiger partial charge >= 0.3 is 6.61 Å². The van der Waals surface area contributed by atoms with E-state index in [1.807, 2.05) is 30.3 Å². The van der Waals surface area contributed by atoms with E-state index >= 15 is 4.39 Å².